The third-order valence-electron chi connectivity index (χ3n) is 7.47. The smallest absolute Gasteiger partial charge is 0.222 e. The van der Waals surface area contributed by atoms with Gasteiger partial charge >= 0.3 is 0 Å². The Labute approximate surface area is 207 Å². The maximum absolute atomic E-state index is 13.6. The van der Waals surface area contributed by atoms with Crippen LogP contribution < -0.4 is 10.5 Å². The molecule has 1 saturated heterocycles. The lowest BCUT2D eigenvalue weighted by molar-refractivity contribution is -0.135. The molecule has 2 aromatic rings. The molecular formula is C28H36N4O3. The Morgan fingerprint density at radius 3 is 2.60 bits per heavy atom. The van der Waals surface area contributed by atoms with Gasteiger partial charge in [-0.05, 0) is 67.5 Å². The van der Waals surface area contributed by atoms with Crippen LogP contribution in [0.1, 0.15) is 50.7 Å². The van der Waals surface area contributed by atoms with Gasteiger partial charge in [0.05, 0.1) is 5.69 Å². The van der Waals surface area contributed by atoms with Gasteiger partial charge in [-0.1, -0.05) is 26.0 Å². The van der Waals surface area contributed by atoms with Crippen LogP contribution in [0, 0.1) is 5.92 Å². The largest absolute Gasteiger partial charge is 0.457 e. The SMILES string of the molecule is CC(C)[C@@H]1CCC(=O)N(C2CCOCC2)CCc2cccc(c2)Oc2ccc3c(c2)CN1C(N)=N3. The van der Waals surface area contributed by atoms with Crippen molar-refractivity contribution in [3.63, 3.8) is 0 Å². The molecule has 3 aliphatic heterocycles. The van der Waals surface area contributed by atoms with Crippen molar-refractivity contribution in [3.05, 3.63) is 53.6 Å². The molecule has 7 nitrogen and oxygen atoms in total. The third kappa shape index (κ3) is 5.30. The Bertz CT molecular complexity index is 1090. The highest BCUT2D eigenvalue weighted by molar-refractivity contribution is 5.84. The summed E-state index contributed by atoms with van der Waals surface area (Å²) in [4.78, 5) is 22.6. The Morgan fingerprint density at radius 1 is 1.00 bits per heavy atom. The molecule has 5 bridgehead atoms. The van der Waals surface area contributed by atoms with E-state index in [0.29, 0.717) is 44.6 Å². The van der Waals surface area contributed by atoms with Crippen molar-refractivity contribution in [2.24, 2.45) is 16.6 Å². The van der Waals surface area contributed by atoms with Crippen molar-refractivity contribution in [1.82, 2.24) is 9.80 Å². The molecule has 5 rings (SSSR count). The predicted molar refractivity (Wildman–Crippen MR) is 137 cm³/mol. The van der Waals surface area contributed by atoms with Crippen LogP contribution >= 0.6 is 0 Å². The van der Waals surface area contributed by atoms with Gasteiger partial charge in [0.2, 0.25) is 5.91 Å². The Morgan fingerprint density at radius 2 is 1.80 bits per heavy atom. The van der Waals surface area contributed by atoms with E-state index in [1.165, 1.54) is 5.56 Å². The zero-order valence-electron chi connectivity index (χ0n) is 20.8. The van der Waals surface area contributed by atoms with Crippen LogP contribution in [0.2, 0.25) is 0 Å². The quantitative estimate of drug-likeness (QED) is 0.685. The number of rotatable bonds is 2. The minimum absolute atomic E-state index is 0.123. The van der Waals surface area contributed by atoms with Crippen LogP contribution in [0.5, 0.6) is 11.5 Å². The number of amides is 1. The van der Waals surface area contributed by atoms with Gasteiger partial charge in [-0.25, -0.2) is 4.99 Å². The number of hydrogen-bond acceptors (Lipinski definition) is 6. The van der Waals surface area contributed by atoms with Gasteiger partial charge in [0, 0.05) is 50.4 Å². The minimum Gasteiger partial charge on any atom is -0.457 e. The normalized spacial score (nSPS) is 21.7. The van der Waals surface area contributed by atoms with E-state index in [4.69, 9.17) is 20.2 Å². The fourth-order valence-electron chi connectivity index (χ4n) is 5.52. The highest BCUT2D eigenvalue weighted by Crippen LogP contribution is 2.34. The number of nitrogens with two attached hydrogens (primary N) is 1. The van der Waals surface area contributed by atoms with Crippen LogP contribution in [0.4, 0.5) is 5.69 Å². The summed E-state index contributed by atoms with van der Waals surface area (Å²) in [7, 11) is 0. The van der Waals surface area contributed by atoms with E-state index in [0.717, 1.165) is 48.4 Å². The first-order valence-corrected chi connectivity index (χ1v) is 12.9. The maximum atomic E-state index is 13.6. The Balaban J connectivity index is 1.50. The highest BCUT2D eigenvalue weighted by atomic mass is 16.5. The number of fused-ring (bicyclic) bond motifs is 4. The Hall–Kier alpha value is -3.06. The van der Waals surface area contributed by atoms with Gasteiger partial charge in [-0.2, -0.15) is 0 Å². The molecule has 3 aliphatic rings. The number of carbonyl (C=O) groups excluding carboxylic acids is 1. The number of carbonyl (C=O) groups is 1. The fourth-order valence-corrected chi connectivity index (χ4v) is 5.52. The lowest BCUT2D eigenvalue weighted by Gasteiger charge is -2.39. The molecule has 1 atom stereocenters. The van der Waals surface area contributed by atoms with Crippen molar-refractivity contribution in [2.45, 2.75) is 64.6 Å². The van der Waals surface area contributed by atoms with Crippen LogP contribution in [0.15, 0.2) is 47.5 Å². The van der Waals surface area contributed by atoms with Gasteiger partial charge < -0.3 is 25.0 Å². The summed E-state index contributed by atoms with van der Waals surface area (Å²) >= 11 is 0. The zero-order chi connectivity index (χ0) is 24.4. The first-order valence-electron chi connectivity index (χ1n) is 12.9. The zero-order valence-corrected chi connectivity index (χ0v) is 20.8. The van der Waals surface area contributed by atoms with Gasteiger partial charge in [0.15, 0.2) is 5.96 Å². The van der Waals surface area contributed by atoms with Crippen LogP contribution in [0.3, 0.4) is 0 Å². The molecule has 0 aliphatic carbocycles. The number of guanidine groups is 1. The van der Waals surface area contributed by atoms with Crippen molar-refractivity contribution >= 4 is 17.6 Å². The van der Waals surface area contributed by atoms with E-state index in [1.807, 2.05) is 24.3 Å². The third-order valence-corrected chi connectivity index (χ3v) is 7.47. The summed E-state index contributed by atoms with van der Waals surface area (Å²) in [6.45, 7) is 7.17. The molecule has 2 aromatic carbocycles. The first-order chi connectivity index (χ1) is 17.0. The summed E-state index contributed by atoms with van der Waals surface area (Å²) in [6.07, 6.45) is 3.83. The second-order valence-corrected chi connectivity index (χ2v) is 10.2. The molecule has 0 unspecified atom stereocenters. The summed E-state index contributed by atoms with van der Waals surface area (Å²) in [6, 6.07) is 14.5. The fraction of sp³-hybridized carbons (Fsp3) is 0.500. The highest BCUT2D eigenvalue weighted by Gasteiger charge is 2.31. The molecule has 0 aromatic heterocycles. The van der Waals surface area contributed by atoms with Crippen molar-refractivity contribution in [3.8, 4) is 11.5 Å². The summed E-state index contributed by atoms with van der Waals surface area (Å²) in [5, 5.41) is 0. The summed E-state index contributed by atoms with van der Waals surface area (Å²) < 4.78 is 11.8. The van der Waals surface area contributed by atoms with E-state index in [2.05, 4.69) is 41.8 Å². The van der Waals surface area contributed by atoms with Gasteiger partial charge in [-0.15, -0.1) is 0 Å². The molecule has 7 heteroatoms. The van der Waals surface area contributed by atoms with Gasteiger partial charge in [0.25, 0.3) is 0 Å². The standard InChI is InChI=1S/C28H36N4O3/c1-19(2)26-8-9-27(33)31(22-11-14-34-15-12-22)13-10-20-4-3-5-23(16-20)35-24-6-7-25-21(17-24)18-32(26)28(29)30-25/h3-7,16-17,19,22,26H,8-15,18H2,1-2H3,(H2,29,30)/t26-/m0/s1. The monoisotopic (exact) mass is 476 g/mol. The lowest BCUT2D eigenvalue weighted by atomic mass is 9.95. The van der Waals surface area contributed by atoms with E-state index in [9.17, 15) is 4.79 Å². The van der Waals surface area contributed by atoms with Crippen molar-refractivity contribution in [2.75, 3.05) is 19.8 Å². The molecule has 1 fully saturated rings. The summed E-state index contributed by atoms with van der Waals surface area (Å²) in [5.41, 5.74) is 9.58. The number of aliphatic imine (C=N–C) groups is 1. The molecule has 3 heterocycles. The van der Waals surface area contributed by atoms with E-state index in [-0.39, 0.29) is 18.0 Å². The molecule has 2 N–H and O–H groups in total. The summed E-state index contributed by atoms with van der Waals surface area (Å²) in [5.74, 6) is 2.66. The lowest BCUT2D eigenvalue weighted by Crippen LogP contribution is -2.49. The number of hydrogen-bond donors (Lipinski definition) is 1. The predicted octanol–water partition coefficient (Wildman–Crippen LogP) is 4.61. The van der Waals surface area contributed by atoms with E-state index < -0.39 is 0 Å². The molecular weight excluding hydrogens is 440 g/mol. The van der Waals surface area contributed by atoms with Gasteiger partial charge in [0.1, 0.15) is 11.5 Å². The second kappa shape index (κ2) is 10.3. The molecule has 0 saturated carbocycles. The molecule has 0 spiro atoms. The topological polar surface area (TPSA) is 80.4 Å². The molecule has 1 amide bonds. The second-order valence-electron chi connectivity index (χ2n) is 10.2. The Kier molecular flexibility index (Phi) is 6.95. The first kappa shape index (κ1) is 23.7. The van der Waals surface area contributed by atoms with Crippen LogP contribution in [-0.4, -0.2) is 53.5 Å². The van der Waals surface area contributed by atoms with Gasteiger partial charge in [-0.3, -0.25) is 4.79 Å². The maximum Gasteiger partial charge on any atom is 0.222 e. The van der Waals surface area contributed by atoms with E-state index in [1.54, 1.807) is 0 Å². The van der Waals surface area contributed by atoms with Crippen LogP contribution in [0.25, 0.3) is 0 Å². The molecule has 186 valence electrons. The number of nitrogens with zero attached hydrogens (tertiary/aromatic N) is 3. The number of ether oxygens (including phenoxy) is 2. The average Bonchev–Trinajstić information content (AvgIpc) is 2.85. The molecule has 35 heavy (non-hydrogen) atoms. The van der Waals surface area contributed by atoms with E-state index >= 15 is 0 Å². The number of benzene rings is 2. The molecule has 0 radical (unpaired) electrons. The van der Waals surface area contributed by atoms with Crippen molar-refractivity contribution < 1.29 is 14.3 Å². The minimum atomic E-state index is 0.123. The van der Waals surface area contributed by atoms with Crippen LogP contribution in [-0.2, 0) is 22.5 Å². The average molecular weight is 477 g/mol. The van der Waals surface area contributed by atoms with Crippen molar-refractivity contribution in [1.29, 1.82) is 0 Å².